The first-order chi connectivity index (χ1) is 27.0. The second kappa shape index (κ2) is 51.0. The second-order valence-corrected chi connectivity index (χ2v) is 17.3. The Kier molecular flexibility index (Phi) is 51.9. The van der Waals surface area contributed by atoms with E-state index in [1.54, 1.807) is 0 Å². The fourth-order valence-corrected chi connectivity index (χ4v) is 7.45. The van der Waals surface area contributed by atoms with Crippen LogP contribution in [0.15, 0.2) is 0 Å². The molecule has 330 valence electrons. The largest absolute Gasteiger partial charge is 0.466 e. The van der Waals surface area contributed by atoms with Crippen LogP contribution in [0.5, 0.6) is 0 Å². The first-order valence-corrected chi connectivity index (χ1v) is 25.3. The van der Waals surface area contributed by atoms with Gasteiger partial charge in [-0.1, -0.05) is 258 Å². The zero-order valence-corrected chi connectivity index (χ0v) is 38.6. The van der Waals surface area contributed by atoms with Crippen LogP contribution in [-0.4, -0.2) is 24.6 Å². The van der Waals surface area contributed by atoms with Crippen molar-refractivity contribution in [3.63, 3.8) is 0 Å². The van der Waals surface area contributed by atoms with Crippen LogP contribution in [0.3, 0.4) is 0 Å². The number of hydrogen-bond donors (Lipinski definition) is 0. The lowest BCUT2D eigenvalue weighted by Crippen LogP contribution is -2.10. The van der Waals surface area contributed by atoms with E-state index in [1.165, 1.54) is 238 Å². The molecule has 0 amide bonds. The third kappa shape index (κ3) is 55.1. The normalized spacial score (nSPS) is 11.2. The first-order valence-electron chi connectivity index (χ1n) is 25.3. The zero-order valence-electron chi connectivity index (χ0n) is 38.6. The van der Waals surface area contributed by atoms with E-state index in [2.05, 4.69) is 20.8 Å². The Morgan fingerprint density at radius 3 is 0.782 bits per heavy atom. The van der Waals surface area contributed by atoms with Crippen molar-refractivity contribution in [1.29, 1.82) is 0 Å². The van der Waals surface area contributed by atoms with Crippen LogP contribution in [0.1, 0.15) is 304 Å². The van der Waals surface area contributed by atoms with Crippen LogP contribution < -0.4 is 0 Å². The molecule has 0 rings (SSSR count). The standard InChI is InChI=1S/C34H68O2.C17H34O2/c1-3-5-7-9-11-13-15-17-18-19-21-23-25-27-29-31-33-36-34(35)32-30-28-26-24-22-20-16-14-12-10-8-6-4-2;1-4-5-6-7-8-9-10-11-12-13-14-15-17(18)19-16(2)3/h3-33H2,1-2H3;16H,4-15H2,1-3H3. The fraction of sp³-hybridized carbons (Fsp3) is 0.961. The Labute approximate surface area is 347 Å². The van der Waals surface area contributed by atoms with Crippen molar-refractivity contribution in [2.45, 2.75) is 310 Å². The van der Waals surface area contributed by atoms with E-state index >= 15 is 0 Å². The monoisotopic (exact) mass is 779 g/mol. The number of rotatable bonds is 44. The molecule has 0 aromatic carbocycles. The minimum Gasteiger partial charge on any atom is -0.466 e. The Morgan fingerprint density at radius 2 is 0.527 bits per heavy atom. The van der Waals surface area contributed by atoms with Crippen molar-refractivity contribution in [3.8, 4) is 0 Å². The quantitative estimate of drug-likeness (QED) is 0.0457. The zero-order chi connectivity index (χ0) is 40.6. The van der Waals surface area contributed by atoms with Gasteiger partial charge in [0, 0.05) is 12.8 Å². The minimum absolute atomic E-state index is 0.0269. The summed E-state index contributed by atoms with van der Waals surface area (Å²) < 4.78 is 10.5. The molecule has 0 atom stereocenters. The van der Waals surface area contributed by atoms with E-state index in [4.69, 9.17) is 9.47 Å². The number of carbonyl (C=O) groups excluding carboxylic acids is 2. The van der Waals surface area contributed by atoms with E-state index < -0.39 is 0 Å². The molecule has 0 heterocycles. The molecule has 0 fully saturated rings. The molecule has 4 nitrogen and oxygen atoms in total. The van der Waals surface area contributed by atoms with Gasteiger partial charge in [0.15, 0.2) is 0 Å². The molecular formula is C51H102O4. The molecule has 0 aliphatic carbocycles. The van der Waals surface area contributed by atoms with Crippen molar-refractivity contribution in [2.75, 3.05) is 6.61 Å². The average molecular weight is 779 g/mol. The number of ether oxygens (including phenoxy) is 2. The predicted octanol–water partition coefficient (Wildman–Crippen LogP) is 17.9. The molecule has 0 aromatic heterocycles. The van der Waals surface area contributed by atoms with Gasteiger partial charge >= 0.3 is 11.9 Å². The molecular weight excluding hydrogens is 677 g/mol. The highest BCUT2D eigenvalue weighted by atomic mass is 16.5. The molecule has 0 aliphatic heterocycles. The molecule has 0 unspecified atom stereocenters. The summed E-state index contributed by atoms with van der Waals surface area (Å²) in [4.78, 5) is 23.2. The molecule has 0 N–H and O–H groups in total. The third-order valence-electron chi connectivity index (χ3n) is 11.1. The highest BCUT2D eigenvalue weighted by Gasteiger charge is 2.05. The van der Waals surface area contributed by atoms with Gasteiger partial charge in [0.1, 0.15) is 0 Å². The molecule has 0 aliphatic rings. The maximum Gasteiger partial charge on any atom is 0.306 e. The number of hydrogen-bond acceptors (Lipinski definition) is 4. The van der Waals surface area contributed by atoms with E-state index in [-0.39, 0.29) is 18.0 Å². The van der Waals surface area contributed by atoms with Gasteiger partial charge in [-0.15, -0.1) is 0 Å². The van der Waals surface area contributed by atoms with Crippen LogP contribution >= 0.6 is 0 Å². The summed E-state index contributed by atoms with van der Waals surface area (Å²) in [5.74, 6) is -0.00930. The summed E-state index contributed by atoms with van der Waals surface area (Å²) in [5.41, 5.74) is 0. The van der Waals surface area contributed by atoms with Crippen LogP contribution in [0.25, 0.3) is 0 Å². The van der Waals surface area contributed by atoms with E-state index in [0.717, 1.165) is 19.3 Å². The SMILES string of the molecule is CCCCCCCCCCCCCC(=O)OC(C)C.CCCCCCCCCCCCCCCCCCOC(=O)CCCCCCCCCCCCCCC. The Bertz CT molecular complexity index is 720. The van der Waals surface area contributed by atoms with Crippen LogP contribution in [-0.2, 0) is 19.1 Å². The average Bonchev–Trinajstić information content (AvgIpc) is 3.17. The lowest BCUT2D eigenvalue weighted by molar-refractivity contribution is -0.147. The number of esters is 2. The summed E-state index contributed by atoms with van der Waals surface area (Å²) in [6.45, 7) is 11.3. The van der Waals surface area contributed by atoms with E-state index in [1.807, 2.05) is 13.8 Å². The predicted molar refractivity (Wildman–Crippen MR) is 243 cm³/mol. The molecule has 0 saturated carbocycles. The smallest absolute Gasteiger partial charge is 0.306 e. The van der Waals surface area contributed by atoms with Crippen molar-refractivity contribution in [3.05, 3.63) is 0 Å². The number of unbranched alkanes of at least 4 members (excludes halogenated alkanes) is 37. The second-order valence-electron chi connectivity index (χ2n) is 17.3. The topological polar surface area (TPSA) is 52.6 Å². The van der Waals surface area contributed by atoms with Crippen LogP contribution in [0.4, 0.5) is 0 Å². The molecule has 0 saturated heterocycles. The van der Waals surface area contributed by atoms with Crippen molar-refractivity contribution >= 4 is 11.9 Å². The first kappa shape index (κ1) is 56.0. The summed E-state index contributed by atoms with van der Waals surface area (Å²) in [6, 6.07) is 0. The molecule has 0 radical (unpaired) electrons. The summed E-state index contributed by atoms with van der Waals surface area (Å²) >= 11 is 0. The minimum atomic E-state index is -0.0362. The van der Waals surface area contributed by atoms with Gasteiger partial charge in [-0.05, 0) is 33.1 Å². The van der Waals surface area contributed by atoms with Gasteiger partial charge in [0.05, 0.1) is 12.7 Å². The third-order valence-corrected chi connectivity index (χ3v) is 11.1. The van der Waals surface area contributed by atoms with Gasteiger partial charge in [-0.3, -0.25) is 9.59 Å². The Balaban J connectivity index is 0. The highest BCUT2D eigenvalue weighted by Crippen LogP contribution is 2.16. The van der Waals surface area contributed by atoms with E-state index in [0.29, 0.717) is 19.4 Å². The van der Waals surface area contributed by atoms with Gasteiger partial charge in [-0.2, -0.15) is 0 Å². The van der Waals surface area contributed by atoms with Crippen LogP contribution in [0, 0.1) is 0 Å². The maximum atomic E-state index is 11.9. The lowest BCUT2D eigenvalue weighted by atomic mass is 10.0. The molecule has 0 aromatic rings. The Hall–Kier alpha value is -1.06. The highest BCUT2D eigenvalue weighted by molar-refractivity contribution is 5.69. The van der Waals surface area contributed by atoms with E-state index in [9.17, 15) is 9.59 Å². The van der Waals surface area contributed by atoms with Gasteiger partial charge in [0.2, 0.25) is 0 Å². The summed E-state index contributed by atoms with van der Waals surface area (Å²) in [5, 5.41) is 0. The van der Waals surface area contributed by atoms with Crippen molar-refractivity contribution < 1.29 is 19.1 Å². The maximum absolute atomic E-state index is 11.9. The summed E-state index contributed by atoms with van der Waals surface area (Å²) in [6.07, 6.45) is 55.2. The number of carbonyl (C=O) groups is 2. The molecule has 4 heteroatoms. The fourth-order valence-electron chi connectivity index (χ4n) is 7.45. The Morgan fingerprint density at radius 1 is 0.309 bits per heavy atom. The van der Waals surface area contributed by atoms with Gasteiger partial charge < -0.3 is 9.47 Å². The molecule has 55 heavy (non-hydrogen) atoms. The van der Waals surface area contributed by atoms with Crippen molar-refractivity contribution in [1.82, 2.24) is 0 Å². The van der Waals surface area contributed by atoms with Crippen LogP contribution in [0.2, 0.25) is 0 Å². The molecule has 0 spiro atoms. The summed E-state index contributed by atoms with van der Waals surface area (Å²) in [7, 11) is 0. The van der Waals surface area contributed by atoms with Gasteiger partial charge in [0.25, 0.3) is 0 Å². The lowest BCUT2D eigenvalue weighted by Gasteiger charge is -2.07. The molecule has 0 bridgehead atoms. The van der Waals surface area contributed by atoms with Gasteiger partial charge in [-0.25, -0.2) is 0 Å². The van der Waals surface area contributed by atoms with Crippen molar-refractivity contribution in [2.24, 2.45) is 0 Å².